The molecule has 0 saturated carbocycles. The minimum Gasteiger partial charge on any atom is -0.504 e. The molecule has 0 spiro atoms. The van der Waals surface area contributed by atoms with Gasteiger partial charge >= 0.3 is 0 Å². The Labute approximate surface area is 169 Å². The van der Waals surface area contributed by atoms with Gasteiger partial charge in [0.1, 0.15) is 23.7 Å². The van der Waals surface area contributed by atoms with E-state index in [4.69, 9.17) is 11.6 Å². The first kappa shape index (κ1) is 18.4. The summed E-state index contributed by atoms with van der Waals surface area (Å²) >= 11 is 6.03. The zero-order valence-electron chi connectivity index (χ0n) is 14.8. The van der Waals surface area contributed by atoms with Gasteiger partial charge in [0.25, 0.3) is 0 Å². The Bertz CT molecular complexity index is 1220. The van der Waals surface area contributed by atoms with Gasteiger partial charge in [-0.3, -0.25) is 5.43 Å². The number of hydrogen-bond donors (Lipinski definition) is 4. The molecule has 4 N–H and O–H groups in total. The Kier molecular flexibility index (Phi) is 5.04. The van der Waals surface area contributed by atoms with Crippen LogP contribution >= 0.6 is 11.6 Å². The van der Waals surface area contributed by atoms with Crippen LogP contribution in [-0.2, 0) is 0 Å². The fourth-order valence-electron chi connectivity index (χ4n) is 2.54. The largest absolute Gasteiger partial charge is 0.504 e. The van der Waals surface area contributed by atoms with Crippen LogP contribution in [0.1, 0.15) is 5.56 Å². The molecule has 29 heavy (non-hydrogen) atoms. The van der Waals surface area contributed by atoms with Crippen molar-refractivity contribution in [3.8, 4) is 11.5 Å². The maximum Gasteiger partial charge on any atom is 0.176 e. The molecule has 0 aliphatic heterocycles. The van der Waals surface area contributed by atoms with Crippen molar-refractivity contribution in [3.05, 3.63) is 65.7 Å². The first-order chi connectivity index (χ1) is 14.1. The number of hydrogen-bond acceptors (Lipinski definition) is 9. The van der Waals surface area contributed by atoms with Crippen LogP contribution in [0.15, 0.2) is 60.2 Å². The number of nitrogens with one attached hydrogen (secondary N) is 2. The van der Waals surface area contributed by atoms with E-state index in [2.05, 4.69) is 35.8 Å². The van der Waals surface area contributed by atoms with E-state index in [0.717, 1.165) is 5.69 Å². The number of aromatic hydroxyl groups is 2. The van der Waals surface area contributed by atoms with Crippen LogP contribution in [0.25, 0.3) is 11.0 Å². The van der Waals surface area contributed by atoms with Crippen molar-refractivity contribution in [1.29, 1.82) is 0 Å². The molecule has 0 aliphatic rings. The Morgan fingerprint density at radius 1 is 0.862 bits per heavy atom. The Morgan fingerprint density at radius 2 is 1.62 bits per heavy atom. The summed E-state index contributed by atoms with van der Waals surface area (Å²) in [5, 5.41) is 26.8. The average molecular weight is 408 g/mol. The van der Waals surface area contributed by atoms with Gasteiger partial charge in [-0.2, -0.15) is 5.10 Å². The van der Waals surface area contributed by atoms with E-state index in [1.54, 1.807) is 18.2 Å². The first-order valence-electron chi connectivity index (χ1n) is 8.39. The van der Waals surface area contributed by atoms with Crippen LogP contribution in [0.4, 0.5) is 17.3 Å². The molecule has 4 rings (SSSR count). The summed E-state index contributed by atoms with van der Waals surface area (Å²) in [6.45, 7) is 0. The molecule has 10 heteroatoms. The van der Waals surface area contributed by atoms with Crippen molar-refractivity contribution in [2.75, 3.05) is 10.7 Å². The summed E-state index contributed by atoms with van der Waals surface area (Å²) in [5.74, 6) is 0.445. The maximum atomic E-state index is 9.54. The van der Waals surface area contributed by atoms with Gasteiger partial charge in [0.2, 0.25) is 0 Å². The topological polar surface area (TPSA) is 128 Å². The third-order valence-electron chi connectivity index (χ3n) is 3.89. The number of fused-ring (bicyclic) bond motifs is 1. The van der Waals surface area contributed by atoms with E-state index in [0.29, 0.717) is 33.3 Å². The van der Waals surface area contributed by atoms with Crippen molar-refractivity contribution < 1.29 is 10.2 Å². The van der Waals surface area contributed by atoms with E-state index in [-0.39, 0.29) is 11.5 Å². The Morgan fingerprint density at radius 3 is 2.38 bits per heavy atom. The normalized spacial score (nSPS) is 11.1. The molecule has 0 saturated heterocycles. The average Bonchev–Trinajstić information content (AvgIpc) is 2.71. The van der Waals surface area contributed by atoms with Gasteiger partial charge in [-0.1, -0.05) is 17.7 Å². The van der Waals surface area contributed by atoms with Crippen LogP contribution in [0.3, 0.4) is 0 Å². The fourth-order valence-corrected chi connectivity index (χ4v) is 2.74. The molecular formula is C19H14ClN7O2. The number of phenolic OH excluding ortho intramolecular Hbond substituents is 2. The summed E-state index contributed by atoms with van der Waals surface area (Å²) in [6.07, 6.45) is 4.24. The predicted molar refractivity (Wildman–Crippen MR) is 111 cm³/mol. The molecule has 0 aliphatic carbocycles. The Balaban J connectivity index is 1.60. The number of halogens is 1. The first-order valence-corrected chi connectivity index (χ1v) is 8.77. The molecule has 0 radical (unpaired) electrons. The molecule has 144 valence electrons. The molecule has 0 bridgehead atoms. The van der Waals surface area contributed by atoms with Crippen LogP contribution in [0.5, 0.6) is 11.5 Å². The highest BCUT2D eigenvalue weighted by Gasteiger charge is 2.10. The van der Waals surface area contributed by atoms with Crippen LogP contribution in [0, 0.1) is 0 Å². The lowest BCUT2D eigenvalue weighted by atomic mass is 10.2. The lowest BCUT2D eigenvalue weighted by Gasteiger charge is -2.09. The minimum absolute atomic E-state index is 0.201. The lowest BCUT2D eigenvalue weighted by Crippen LogP contribution is -2.01. The van der Waals surface area contributed by atoms with Crippen molar-refractivity contribution >= 4 is 46.2 Å². The third kappa shape index (κ3) is 4.14. The van der Waals surface area contributed by atoms with E-state index < -0.39 is 0 Å². The van der Waals surface area contributed by atoms with Crippen LogP contribution < -0.4 is 10.7 Å². The molecule has 2 aromatic carbocycles. The Hall–Kier alpha value is -3.98. The maximum absolute atomic E-state index is 9.54. The summed E-state index contributed by atoms with van der Waals surface area (Å²) in [6, 6.07) is 11.6. The van der Waals surface area contributed by atoms with Gasteiger partial charge in [0, 0.05) is 10.7 Å². The van der Waals surface area contributed by atoms with Crippen molar-refractivity contribution in [2.45, 2.75) is 0 Å². The van der Waals surface area contributed by atoms with Crippen LogP contribution in [-0.4, -0.2) is 36.4 Å². The second-order valence-corrected chi connectivity index (χ2v) is 6.33. The fraction of sp³-hybridized carbons (Fsp3) is 0. The van der Waals surface area contributed by atoms with Gasteiger partial charge in [-0.05, 0) is 42.0 Å². The van der Waals surface area contributed by atoms with Gasteiger partial charge in [0.05, 0.1) is 6.21 Å². The van der Waals surface area contributed by atoms with Gasteiger partial charge in [0.15, 0.2) is 23.1 Å². The van der Waals surface area contributed by atoms with E-state index in [9.17, 15) is 10.2 Å². The number of rotatable bonds is 5. The molecule has 9 nitrogen and oxygen atoms in total. The molecular weight excluding hydrogens is 394 g/mol. The number of nitrogens with zero attached hydrogens (tertiary/aromatic N) is 5. The smallest absolute Gasteiger partial charge is 0.176 e. The number of phenols is 2. The number of aromatic nitrogens is 4. The monoisotopic (exact) mass is 407 g/mol. The molecule has 4 aromatic rings. The van der Waals surface area contributed by atoms with Gasteiger partial charge < -0.3 is 15.5 Å². The predicted octanol–water partition coefficient (Wildman–Crippen LogP) is 3.67. The van der Waals surface area contributed by atoms with E-state index >= 15 is 0 Å². The zero-order valence-corrected chi connectivity index (χ0v) is 15.5. The van der Waals surface area contributed by atoms with Gasteiger partial charge in [-0.25, -0.2) is 19.9 Å². The van der Waals surface area contributed by atoms with Crippen molar-refractivity contribution in [1.82, 2.24) is 19.9 Å². The number of benzene rings is 2. The van der Waals surface area contributed by atoms with Crippen LogP contribution in [0.2, 0.25) is 5.02 Å². The second kappa shape index (κ2) is 7.95. The zero-order chi connectivity index (χ0) is 20.2. The van der Waals surface area contributed by atoms with Crippen molar-refractivity contribution in [2.24, 2.45) is 5.10 Å². The third-order valence-corrected chi connectivity index (χ3v) is 4.13. The highest BCUT2D eigenvalue weighted by atomic mass is 35.5. The lowest BCUT2D eigenvalue weighted by molar-refractivity contribution is 0.403. The molecule has 0 amide bonds. The van der Waals surface area contributed by atoms with E-state index in [1.165, 1.54) is 31.0 Å². The molecule has 2 heterocycles. The summed E-state index contributed by atoms with van der Waals surface area (Å²) < 4.78 is 0. The number of anilines is 3. The molecule has 0 unspecified atom stereocenters. The molecule has 0 fully saturated rings. The van der Waals surface area contributed by atoms with E-state index in [1.807, 2.05) is 12.1 Å². The second-order valence-electron chi connectivity index (χ2n) is 5.90. The summed E-state index contributed by atoms with van der Waals surface area (Å²) in [4.78, 5) is 16.9. The SMILES string of the molecule is Oc1ccc(C=NNc2ncnc3c(Nc4cccc(Cl)c4)ncnc23)cc1O. The minimum atomic E-state index is -0.231. The molecule has 2 aromatic heterocycles. The van der Waals surface area contributed by atoms with Gasteiger partial charge in [-0.15, -0.1) is 0 Å². The number of hydrazone groups is 1. The quantitative estimate of drug-likeness (QED) is 0.224. The standard InChI is InChI=1S/C19H14ClN7O2/c20-12-2-1-3-13(7-12)26-18-16-17(22-9-23-18)19(24-10-21-16)27-25-8-11-4-5-14(28)15(29)6-11/h1-10,28-29H,(H,21,24,27)(H,22,23,26). The summed E-state index contributed by atoms with van der Waals surface area (Å²) in [5.41, 5.74) is 5.12. The highest BCUT2D eigenvalue weighted by Crippen LogP contribution is 2.26. The molecule has 0 atom stereocenters. The highest BCUT2D eigenvalue weighted by molar-refractivity contribution is 6.30. The summed E-state index contributed by atoms with van der Waals surface area (Å²) in [7, 11) is 0. The van der Waals surface area contributed by atoms with Crippen molar-refractivity contribution in [3.63, 3.8) is 0 Å².